The highest BCUT2D eigenvalue weighted by atomic mass is 16.5. The predicted octanol–water partition coefficient (Wildman–Crippen LogP) is 2.49. The Morgan fingerprint density at radius 3 is 2.52 bits per heavy atom. The molecule has 1 rings (SSSR count). The lowest BCUT2D eigenvalue weighted by Crippen LogP contribution is -2.13. The summed E-state index contributed by atoms with van der Waals surface area (Å²) in [5, 5.41) is 0. The number of aliphatic imine (C=N–C) groups is 2. The third-order valence-electron chi connectivity index (χ3n) is 2.34. The molecule has 0 aliphatic heterocycles. The first-order valence-electron chi connectivity index (χ1n) is 7.02. The van der Waals surface area contributed by atoms with Crippen LogP contribution in [0.2, 0.25) is 0 Å². The third-order valence-corrected chi connectivity index (χ3v) is 2.34. The van der Waals surface area contributed by atoms with Crippen LogP contribution in [-0.2, 0) is 16.1 Å². The first kappa shape index (κ1) is 19.0. The van der Waals surface area contributed by atoms with Crippen LogP contribution in [0.5, 0.6) is 0 Å². The Bertz CT molecular complexity index is 413. The van der Waals surface area contributed by atoms with Gasteiger partial charge in [-0.3, -0.25) is 4.79 Å². The van der Waals surface area contributed by atoms with Gasteiger partial charge in [-0.25, -0.2) is 9.98 Å². The van der Waals surface area contributed by atoms with Crippen molar-refractivity contribution in [2.75, 3.05) is 33.7 Å². The highest BCUT2D eigenvalue weighted by molar-refractivity contribution is 5.40. The van der Waals surface area contributed by atoms with Gasteiger partial charge in [0.05, 0.1) is 12.6 Å². The molecule has 0 saturated heterocycles. The Balaban J connectivity index is 0.000000382. The molecule has 0 aliphatic carbocycles. The lowest BCUT2D eigenvalue weighted by molar-refractivity contribution is -0.129. The minimum absolute atomic E-state index is 0.365. The number of ether oxygens (including phenoxy) is 1. The summed E-state index contributed by atoms with van der Waals surface area (Å²) in [5.74, 6) is 0. The van der Waals surface area contributed by atoms with Crippen molar-refractivity contribution in [2.45, 2.75) is 20.0 Å². The van der Waals surface area contributed by atoms with Gasteiger partial charge in [-0.1, -0.05) is 30.3 Å². The number of rotatable bonds is 8. The maximum Gasteiger partial charge on any atom is 0.293 e. The van der Waals surface area contributed by atoms with E-state index in [2.05, 4.69) is 39.7 Å². The average molecular weight is 291 g/mol. The maximum absolute atomic E-state index is 9.76. The second kappa shape index (κ2) is 14.4. The van der Waals surface area contributed by atoms with E-state index in [0.717, 1.165) is 31.6 Å². The van der Waals surface area contributed by atoms with Gasteiger partial charge >= 0.3 is 0 Å². The molecule has 0 saturated carbocycles. The van der Waals surface area contributed by atoms with Crippen molar-refractivity contribution in [1.29, 1.82) is 0 Å². The van der Waals surface area contributed by atoms with E-state index in [0.29, 0.717) is 13.1 Å². The van der Waals surface area contributed by atoms with Crippen molar-refractivity contribution in [3.63, 3.8) is 0 Å². The first-order chi connectivity index (χ1) is 10.2. The van der Waals surface area contributed by atoms with E-state index < -0.39 is 0 Å². The Morgan fingerprint density at radius 1 is 1.24 bits per heavy atom. The van der Waals surface area contributed by atoms with E-state index in [1.807, 2.05) is 37.3 Å². The Labute approximate surface area is 127 Å². The van der Waals surface area contributed by atoms with Crippen LogP contribution < -0.4 is 0 Å². The van der Waals surface area contributed by atoms with E-state index >= 15 is 0 Å². The van der Waals surface area contributed by atoms with E-state index in [1.54, 1.807) is 0 Å². The van der Waals surface area contributed by atoms with Crippen molar-refractivity contribution < 1.29 is 9.53 Å². The van der Waals surface area contributed by atoms with Crippen molar-refractivity contribution in [1.82, 2.24) is 4.90 Å². The quantitative estimate of drug-likeness (QED) is 0.420. The summed E-state index contributed by atoms with van der Waals surface area (Å²) in [6.45, 7) is 5.48. The molecular weight excluding hydrogens is 266 g/mol. The number of hydrogen-bond donors (Lipinski definition) is 0. The fourth-order valence-corrected chi connectivity index (χ4v) is 1.34. The summed E-state index contributed by atoms with van der Waals surface area (Å²) in [7, 11) is 4.12. The zero-order valence-electron chi connectivity index (χ0n) is 13.2. The molecule has 0 radical (unpaired) electrons. The summed E-state index contributed by atoms with van der Waals surface area (Å²) < 4.78 is 4.54. The van der Waals surface area contributed by atoms with Crippen LogP contribution in [0.25, 0.3) is 0 Å². The van der Waals surface area contributed by atoms with E-state index in [-0.39, 0.29) is 0 Å². The maximum atomic E-state index is 9.76. The van der Waals surface area contributed by atoms with E-state index in [4.69, 9.17) is 0 Å². The molecule has 116 valence electrons. The molecule has 21 heavy (non-hydrogen) atoms. The highest BCUT2D eigenvalue weighted by Gasteiger charge is 1.87. The first-order valence-corrected chi connectivity index (χ1v) is 7.02. The number of benzene rings is 1. The molecule has 0 amide bonds. The van der Waals surface area contributed by atoms with Gasteiger partial charge in [-0.15, -0.1) is 0 Å². The van der Waals surface area contributed by atoms with Crippen LogP contribution in [0, 0.1) is 0 Å². The van der Waals surface area contributed by atoms with Crippen molar-refractivity contribution >= 4 is 12.5 Å². The number of nitrogens with zero attached hydrogens (tertiary/aromatic N) is 3. The Hall–Kier alpha value is -1.97. The number of carbonyl (C=O) groups is 1. The minimum atomic E-state index is 0.365. The third kappa shape index (κ3) is 14.3. The summed E-state index contributed by atoms with van der Waals surface area (Å²) in [5.41, 5.74) is 1.01. The molecule has 1 aromatic carbocycles. The van der Waals surface area contributed by atoms with Gasteiger partial charge in [0.2, 0.25) is 0 Å². The zero-order chi connectivity index (χ0) is 15.8. The minimum Gasteiger partial charge on any atom is -0.463 e. The van der Waals surface area contributed by atoms with Gasteiger partial charge < -0.3 is 9.64 Å². The van der Waals surface area contributed by atoms with Crippen LogP contribution in [0.3, 0.4) is 0 Å². The average Bonchev–Trinajstić information content (AvgIpc) is 2.50. The van der Waals surface area contributed by atoms with Crippen molar-refractivity contribution in [3.8, 4) is 0 Å². The molecule has 0 atom stereocenters. The standard InChI is InChI=1S/C8H17N3.C8H8O2/c1-4-9-8-10-6-5-7-11(2)3;9-7-10-6-8-4-2-1-3-5-8/h4-7H2,1-3H3;1-5,7H,6H2. The molecule has 1 aromatic rings. The zero-order valence-corrected chi connectivity index (χ0v) is 13.2. The number of hydrogen-bond acceptors (Lipinski definition) is 5. The highest BCUT2D eigenvalue weighted by Crippen LogP contribution is 1.98. The topological polar surface area (TPSA) is 54.3 Å². The van der Waals surface area contributed by atoms with Crippen molar-refractivity contribution in [3.05, 3.63) is 35.9 Å². The summed E-state index contributed by atoms with van der Waals surface area (Å²) >= 11 is 0. The largest absolute Gasteiger partial charge is 0.463 e. The summed E-state index contributed by atoms with van der Waals surface area (Å²) in [6, 6.07) is 12.2. The van der Waals surface area contributed by atoms with Crippen molar-refractivity contribution in [2.24, 2.45) is 9.98 Å². The second-order valence-electron chi connectivity index (χ2n) is 4.51. The van der Waals surface area contributed by atoms with Gasteiger partial charge in [0.1, 0.15) is 6.61 Å². The van der Waals surface area contributed by atoms with Crippen LogP contribution in [0.15, 0.2) is 40.3 Å². The molecule has 0 heterocycles. The van der Waals surface area contributed by atoms with Gasteiger partial charge in [0, 0.05) is 6.54 Å². The van der Waals surface area contributed by atoms with Gasteiger partial charge in [-0.2, -0.15) is 0 Å². The lowest BCUT2D eigenvalue weighted by atomic mass is 10.2. The Kier molecular flexibility index (Phi) is 13.1. The fraction of sp³-hybridized carbons (Fsp3) is 0.500. The molecule has 0 N–H and O–H groups in total. The molecule has 0 aromatic heterocycles. The number of carbonyl (C=O) groups excluding carboxylic acids is 1. The second-order valence-corrected chi connectivity index (χ2v) is 4.51. The lowest BCUT2D eigenvalue weighted by Gasteiger charge is -2.05. The molecule has 0 fully saturated rings. The van der Waals surface area contributed by atoms with Crippen LogP contribution in [0.4, 0.5) is 0 Å². The molecule has 0 bridgehead atoms. The smallest absolute Gasteiger partial charge is 0.293 e. The molecular formula is C16H25N3O2. The van der Waals surface area contributed by atoms with Gasteiger partial charge in [0.15, 0.2) is 0 Å². The van der Waals surface area contributed by atoms with Crippen LogP contribution >= 0.6 is 0 Å². The monoisotopic (exact) mass is 291 g/mol. The molecule has 5 nitrogen and oxygen atoms in total. The molecule has 0 spiro atoms. The summed E-state index contributed by atoms with van der Waals surface area (Å²) in [6.07, 6.45) is 1.08. The summed E-state index contributed by atoms with van der Waals surface area (Å²) in [4.78, 5) is 19.7. The normalized spacial score (nSPS) is 9.14. The van der Waals surface area contributed by atoms with E-state index in [1.165, 1.54) is 0 Å². The van der Waals surface area contributed by atoms with E-state index in [9.17, 15) is 4.79 Å². The molecule has 5 heteroatoms. The SMILES string of the molecule is CCN=C=NCCCN(C)C.O=COCc1ccccc1. The van der Waals surface area contributed by atoms with Crippen LogP contribution in [0.1, 0.15) is 18.9 Å². The van der Waals surface area contributed by atoms with Crippen LogP contribution in [-0.4, -0.2) is 51.1 Å². The van der Waals surface area contributed by atoms with Gasteiger partial charge in [0.25, 0.3) is 6.47 Å². The Morgan fingerprint density at radius 2 is 1.95 bits per heavy atom. The van der Waals surface area contributed by atoms with Gasteiger partial charge in [-0.05, 0) is 39.5 Å². The molecule has 0 unspecified atom stereocenters. The molecule has 0 aliphatic rings. The predicted molar refractivity (Wildman–Crippen MR) is 85.7 cm³/mol. The fourth-order valence-electron chi connectivity index (χ4n) is 1.34.